The van der Waals surface area contributed by atoms with Gasteiger partial charge in [-0.15, -0.1) is 0 Å². The van der Waals surface area contributed by atoms with Crippen LogP contribution in [0.15, 0.2) is 0 Å². The fourth-order valence-electron chi connectivity index (χ4n) is 1.53. The van der Waals surface area contributed by atoms with E-state index in [4.69, 9.17) is 9.47 Å². The molecule has 0 bridgehead atoms. The topological polar surface area (TPSA) is 30.5 Å². The fraction of sp³-hybridized carbons (Fsp3) is 1.00. The molecule has 0 aliphatic carbocycles. The Morgan fingerprint density at radius 3 is 2.62 bits per heavy atom. The molecule has 1 rings (SSSR count). The van der Waals surface area contributed by atoms with E-state index in [0.29, 0.717) is 6.04 Å². The predicted molar refractivity (Wildman–Crippen MR) is 52.9 cm³/mol. The van der Waals surface area contributed by atoms with Gasteiger partial charge < -0.3 is 14.8 Å². The first-order valence-electron chi connectivity index (χ1n) is 5.29. The van der Waals surface area contributed by atoms with Gasteiger partial charge in [0.05, 0.1) is 25.9 Å². The summed E-state index contributed by atoms with van der Waals surface area (Å²) in [4.78, 5) is 0. The molecule has 0 aromatic heterocycles. The zero-order valence-electron chi connectivity index (χ0n) is 8.71. The maximum atomic E-state index is 5.53. The molecular formula is C10H21NO2. The van der Waals surface area contributed by atoms with Gasteiger partial charge in [0, 0.05) is 12.6 Å². The van der Waals surface area contributed by atoms with Gasteiger partial charge in [0.1, 0.15) is 0 Å². The summed E-state index contributed by atoms with van der Waals surface area (Å²) in [7, 11) is 0. The van der Waals surface area contributed by atoms with Crippen molar-refractivity contribution in [2.75, 3.05) is 26.4 Å². The summed E-state index contributed by atoms with van der Waals surface area (Å²) in [5, 5.41) is 3.48. The van der Waals surface area contributed by atoms with E-state index >= 15 is 0 Å². The van der Waals surface area contributed by atoms with Crippen LogP contribution in [0.3, 0.4) is 0 Å². The predicted octanol–water partition coefficient (Wildman–Crippen LogP) is 1.18. The molecule has 0 amide bonds. The monoisotopic (exact) mass is 187 g/mol. The lowest BCUT2D eigenvalue weighted by Crippen LogP contribution is -2.41. The first kappa shape index (κ1) is 11.0. The van der Waals surface area contributed by atoms with Crippen molar-refractivity contribution in [3.63, 3.8) is 0 Å². The summed E-state index contributed by atoms with van der Waals surface area (Å²) in [5.41, 5.74) is 0. The van der Waals surface area contributed by atoms with E-state index in [1.165, 1.54) is 12.8 Å². The second kappa shape index (κ2) is 6.35. The molecule has 1 heterocycles. The van der Waals surface area contributed by atoms with Crippen molar-refractivity contribution in [3.05, 3.63) is 0 Å². The Labute approximate surface area is 80.8 Å². The van der Waals surface area contributed by atoms with Crippen LogP contribution in [0.4, 0.5) is 0 Å². The van der Waals surface area contributed by atoms with Gasteiger partial charge in [-0.25, -0.2) is 0 Å². The largest absolute Gasteiger partial charge is 0.376 e. The molecule has 1 saturated heterocycles. The van der Waals surface area contributed by atoms with E-state index < -0.39 is 0 Å². The highest BCUT2D eigenvalue weighted by Gasteiger charge is 2.14. The Kier molecular flexibility index (Phi) is 5.35. The minimum atomic E-state index is 0.259. The van der Waals surface area contributed by atoms with Crippen LogP contribution in [0.25, 0.3) is 0 Å². The highest BCUT2D eigenvalue weighted by atomic mass is 16.6. The maximum absolute atomic E-state index is 5.53. The first-order valence-corrected chi connectivity index (χ1v) is 5.29. The van der Waals surface area contributed by atoms with Crippen LogP contribution in [0.1, 0.15) is 26.7 Å². The van der Waals surface area contributed by atoms with Gasteiger partial charge in [-0.3, -0.25) is 0 Å². The number of ether oxygens (including phenoxy) is 2. The fourth-order valence-corrected chi connectivity index (χ4v) is 1.53. The second-order valence-corrected chi connectivity index (χ2v) is 3.49. The van der Waals surface area contributed by atoms with Crippen LogP contribution in [-0.2, 0) is 9.47 Å². The van der Waals surface area contributed by atoms with Crippen LogP contribution >= 0.6 is 0 Å². The molecule has 13 heavy (non-hydrogen) atoms. The average Bonchev–Trinajstić information content (AvgIpc) is 2.21. The third-order valence-electron chi connectivity index (χ3n) is 2.50. The summed E-state index contributed by atoms with van der Waals surface area (Å²) >= 11 is 0. The van der Waals surface area contributed by atoms with Crippen molar-refractivity contribution >= 4 is 0 Å². The van der Waals surface area contributed by atoms with Crippen molar-refractivity contribution in [1.29, 1.82) is 0 Å². The average molecular weight is 187 g/mol. The van der Waals surface area contributed by atoms with E-state index in [1.807, 2.05) is 0 Å². The Morgan fingerprint density at radius 1 is 1.31 bits per heavy atom. The van der Waals surface area contributed by atoms with E-state index in [9.17, 15) is 0 Å². The van der Waals surface area contributed by atoms with E-state index in [-0.39, 0.29) is 6.10 Å². The molecule has 78 valence electrons. The smallest absolute Gasteiger partial charge is 0.0933 e. The summed E-state index contributed by atoms with van der Waals surface area (Å²) < 4.78 is 10.8. The second-order valence-electron chi connectivity index (χ2n) is 3.49. The molecule has 0 radical (unpaired) electrons. The van der Waals surface area contributed by atoms with Gasteiger partial charge in [0.25, 0.3) is 0 Å². The molecule has 1 N–H and O–H groups in total. The van der Waals surface area contributed by atoms with Crippen LogP contribution in [0, 0.1) is 0 Å². The Balaban J connectivity index is 2.09. The standard InChI is InChI=1S/C10H21NO2/c1-3-9(4-2)11-7-10-8-12-5-6-13-10/h9-11H,3-8H2,1-2H3. The molecule has 0 aromatic carbocycles. The van der Waals surface area contributed by atoms with Crippen molar-refractivity contribution < 1.29 is 9.47 Å². The minimum Gasteiger partial charge on any atom is -0.376 e. The normalized spacial score (nSPS) is 23.8. The highest BCUT2D eigenvalue weighted by Crippen LogP contribution is 2.01. The quantitative estimate of drug-likeness (QED) is 0.701. The maximum Gasteiger partial charge on any atom is 0.0933 e. The molecule has 1 fully saturated rings. The molecule has 1 atom stereocenters. The van der Waals surface area contributed by atoms with Crippen LogP contribution in [-0.4, -0.2) is 38.5 Å². The molecule has 1 aliphatic rings. The summed E-state index contributed by atoms with van der Waals surface area (Å²) in [6, 6.07) is 0.630. The lowest BCUT2D eigenvalue weighted by Gasteiger charge is -2.25. The summed E-state index contributed by atoms with van der Waals surface area (Å²) in [6.07, 6.45) is 2.63. The van der Waals surface area contributed by atoms with Crippen molar-refractivity contribution in [2.24, 2.45) is 0 Å². The third kappa shape index (κ3) is 4.07. The minimum absolute atomic E-state index is 0.259. The lowest BCUT2D eigenvalue weighted by molar-refractivity contribution is -0.0871. The van der Waals surface area contributed by atoms with Crippen molar-refractivity contribution in [2.45, 2.75) is 38.8 Å². The van der Waals surface area contributed by atoms with Gasteiger partial charge in [-0.2, -0.15) is 0 Å². The molecular weight excluding hydrogens is 166 g/mol. The lowest BCUT2D eigenvalue weighted by atomic mass is 10.1. The van der Waals surface area contributed by atoms with E-state index in [2.05, 4.69) is 19.2 Å². The summed E-state index contributed by atoms with van der Waals surface area (Å²) in [6.45, 7) is 7.58. The molecule has 3 nitrogen and oxygen atoms in total. The van der Waals surface area contributed by atoms with Crippen molar-refractivity contribution in [3.8, 4) is 0 Å². The Bertz CT molecular complexity index is 120. The molecule has 1 unspecified atom stereocenters. The number of nitrogens with one attached hydrogen (secondary N) is 1. The number of rotatable bonds is 5. The molecule has 1 aliphatic heterocycles. The zero-order valence-corrected chi connectivity index (χ0v) is 8.71. The van der Waals surface area contributed by atoms with Crippen LogP contribution in [0.2, 0.25) is 0 Å². The molecule has 0 spiro atoms. The molecule has 3 heteroatoms. The molecule has 0 aromatic rings. The van der Waals surface area contributed by atoms with Crippen LogP contribution < -0.4 is 5.32 Å². The Morgan fingerprint density at radius 2 is 2.08 bits per heavy atom. The third-order valence-corrected chi connectivity index (χ3v) is 2.50. The van der Waals surface area contributed by atoms with E-state index in [0.717, 1.165) is 26.4 Å². The first-order chi connectivity index (χ1) is 6.36. The van der Waals surface area contributed by atoms with Gasteiger partial charge >= 0.3 is 0 Å². The van der Waals surface area contributed by atoms with E-state index in [1.54, 1.807) is 0 Å². The molecule has 0 saturated carbocycles. The van der Waals surface area contributed by atoms with Gasteiger partial charge in [-0.05, 0) is 12.8 Å². The van der Waals surface area contributed by atoms with Gasteiger partial charge in [0.2, 0.25) is 0 Å². The summed E-state index contributed by atoms with van der Waals surface area (Å²) in [5.74, 6) is 0. The SMILES string of the molecule is CCC(CC)NCC1COCCO1. The number of hydrogen-bond donors (Lipinski definition) is 1. The van der Waals surface area contributed by atoms with Crippen LogP contribution in [0.5, 0.6) is 0 Å². The number of hydrogen-bond acceptors (Lipinski definition) is 3. The van der Waals surface area contributed by atoms with Crippen molar-refractivity contribution in [1.82, 2.24) is 5.32 Å². The Hall–Kier alpha value is -0.120. The van der Waals surface area contributed by atoms with Gasteiger partial charge in [0.15, 0.2) is 0 Å². The zero-order chi connectivity index (χ0) is 9.52. The highest BCUT2D eigenvalue weighted by molar-refractivity contribution is 4.69. The van der Waals surface area contributed by atoms with Gasteiger partial charge in [-0.1, -0.05) is 13.8 Å².